The SMILES string of the molecule is Cc1cnn(CCc2ccccc2)c1-c1ncc(C(=O)NCc2ccccc2)s1. The molecule has 4 rings (SSSR count). The van der Waals surface area contributed by atoms with Crippen LogP contribution < -0.4 is 5.32 Å². The van der Waals surface area contributed by atoms with E-state index in [1.165, 1.54) is 16.9 Å². The summed E-state index contributed by atoms with van der Waals surface area (Å²) in [5.74, 6) is -0.106. The molecule has 0 radical (unpaired) electrons. The summed E-state index contributed by atoms with van der Waals surface area (Å²) in [4.78, 5) is 17.6. The number of nitrogens with zero attached hydrogens (tertiary/aromatic N) is 3. The third-order valence-electron chi connectivity index (χ3n) is 4.71. The zero-order valence-electron chi connectivity index (χ0n) is 16.2. The number of aromatic nitrogens is 3. The Morgan fingerprint density at radius 1 is 1.00 bits per heavy atom. The number of nitrogens with one attached hydrogen (secondary N) is 1. The number of aryl methyl sites for hydroxylation is 3. The molecule has 0 spiro atoms. The lowest BCUT2D eigenvalue weighted by Gasteiger charge is -2.07. The Kier molecular flexibility index (Phi) is 5.81. The molecule has 0 saturated carbocycles. The van der Waals surface area contributed by atoms with Crippen LogP contribution in [0.25, 0.3) is 10.7 Å². The summed E-state index contributed by atoms with van der Waals surface area (Å²) in [5, 5.41) is 8.30. The van der Waals surface area contributed by atoms with Gasteiger partial charge in [0.05, 0.1) is 18.1 Å². The Labute approximate surface area is 174 Å². The second kappa shape index (κ2) is 8.84. The predicted octanol–water partition coefficient (Wildman–Crippen LogP) is 4.49. The molecule has 5 nitrogen and oxygen atoms in total. The molecule has 1 N–H and O–H groups in total. The first-order chi connectivity index (χ1) is 14.2. The first-order valence-corrected chi connectivity index (χ1v) is 10.4. The number of carbonyl (C=O) groups excluding carboxylic acids is 1. The summed E-state index contributed by atoms with van der Waals surface area (Å²) >= 11 is 1.40. The van der Waals surface area contributed by atoms with Crippen LogP contribution in [-0.2, 0) is 19.5 Å². The van der Waals surface area contributed by atoms with Gasteiger partial charge in [-0.25, -0.2) is 4.98 Å². The van der Waals surface area contributed by atoms with Crippen LogP contribution in [0.2, 0.25) is 0 Å². The number of rotatable bonds is 7. The largest absolute Gasteiger partial charge is 0.347 e. The van der Waals surface area contributed by atoms with Crippen molar-refractivity contribution in [1.82, 2.24) is 20.1 Å². The summed E-state index contributed by atoms with van der Waals surface area (Å²) in [6.07, 6.45) is 4.40. The van der Waals surface area contributed by atoms with Crippen molar-refractivity contribution >= 4 is 17.2 Å². The summed E-state index contributed by atoms with van der Waals surface area (Å²) < 4.78 is 1.98. The van der Waals surface area contributed by atoms with Crippen molar-refractivity contribution in [3.63, 3.8) is 0 Å². The first-order valence-electron chi connectivity index (χ1n) is 9.55. The standard InChI is InChI=1S/C23H22N4OS/c1-17-14-26-27(13-12-18-8-4-2-5-9-18)21(17)23-25-16-20(29-23)22(28)24-15-19-10-6-3-7-11-19/h2-11,14,16H,12-13,15H2,1H3,(H,24,28). The van der Waals surface area contributed by atoms with Crippen LogP contribution in [0.5, 0.6) is 0 Å². The van der Waals surface area contributed by atoms with Crippen molar-refractivity contribution in [2.45, 2.75) is 26.4 Å². The molecule has 146 valence electrons. The maximum Gasteiger partial charge on any atom is 0.263 e. The maximum atomic E-state index is 12.5. The fraction of sp³-hybridized carbons (Fsp3) is 0.174. The van der Waals surface area contributed by atoms with Gasteiger partial charge in [-0.05, 0) is 30.0 Å². The number of amides is 1. The molecule has 2 aromatic heterocycles. The normalized spacial score (nSPS) is 10.8. The molecule has 29 heavy (non-hydrogen) atoms. The summed E-state index contributed by atoms with van der Waals surface area (Å²) in [5.41, 5.74) is 4.38. The van der Waals surface area contributed by atoms with Crippen molar-refractivity contribution in [1.29, 1.82) is 0 Å². The molecule has 0 unspecified atom stereocenters. The highest BCUT2D eigenvalue weighted by molar-refractivity contribution is 7.16. The van der Waals surface area contributed by atoms with Gasteiger partial charge in [-0.2, -0.15) is 5.10 Å². The van der Waals surface area contributed by atoms with E-state index in [1.54, 1.807) is 6.20 Å². The van der Waals surface area contributed by atoms with Crippen LogP contribution in [0.15, 0.2) is 73.1 Å². The van der Waals surface area contributed by atoms with Crippen molar-refractivity contribution in [2.24, 2.45) is 0 Å². The fourth-order valence-corrected chi connectivity index (χ4v) is 4.11. The Morgan fingerprint density at radius 2 is 1.69 bits per heavy atom. The third-order valence-corrected chi connectivity index (χ3v) is 5.71. The molecule has 0 aliphatic heterocycles. The average Bonchev–Trinajstić information content (AvgIpc) is 3.38. The van der Waals surface area contributed by atoms with E-state index in [4.69, 9.17) is 0 Å². The molecular weight excluding hydrogens is 380 g/mol. The number of carbonyl (C=O) groups is 1. The van der Waals surface area contributed by atoms with E-state index in [2.05, 4.69) is 27.5 Å². The lowest BCUT2D eigenvalue weighted by atomic mass is 10.1. The van der Waals surface area contributed by atoms with E-state index < -0.39 is 0 Å². The lowest BCUT2D eigenvalue weighted by molar-refractivity contribution is 0.0954. The zero-order valence-corrected chi connectivity index (χ0v) is 17.0. The van der Waals surface area contributed by atoms with Gasteiger partial charge < -0.3 is 5.32 Å². The Hall–Kier alpha value is -3.25. The van der Waals surface area contributed by atoms with Gasteiger partial charge in [0, 0.05) is 13.1 Å². The van der Waals surface area contributed by atoms with Crippen molar-refractivity contribution < 1.29 is 4.79 Å². The van der Waals surface area contributed by atoms with Crippen molar-refractivity contribution in [2.75, 3.05) is 0 Å². The monoisotopic (exact) mass is 402 g/mol. The van der Waals surface area contributed by atoms with Gasteiger partial charge in [0.25, 0.3) is 5.91 Å². The molecule has 1 amide bonds. The highest BCUT2D eigenvalue weighted by Crippen LogP contribution is 2.28. The van der Waals surface area contributed by atoms with Gasteiger partial charge in [0.2, 0.25) is 0 Å². The van der Waals surface area contributed by atoms with Gasteiger partial charge in [-0.3, -0.25) is 9.48 Å². The summed E-state index contributed by atoms with van der Waals surface area (Å²) in [7, 11) is 0. The molecular formula is C23H22N4OS. The average molecular weight is 403 g/mol. The summed E-state index contributed by atoms with van der Waals surface area (Å²) in [6.45, 7) is 3.29. The second-order valence-corrected chi connectivity index (χ2v) is 7.86. The molecule has 0 bridgehead atoms. The summed E-state index contributed by atoms with van der Waals surface area (Å²) in [6, 6.07) is 20.2. The van der Waals surface area contributed by atoms with Gasteiger partial charge >= 0.3 is 0 Å². The van der Waals surface area contributed by atoms with Crippen molar-refractivity contribution in [3.8, 4) is 10.7 Å². The molecule has 0 saturated heterocycles. The third kappa shape index (κ3) is 4.60. The molecule has 0 aliphatic carbocycles. The first kappa shape index (κ1) is 19.1. The van der Waals surface area contributed by atoms with Crippen LogP contribution in [0.4, 0.5) is 0 Å². The molecule has 0 fully saturated rings. The van der Waals surface area contributed by atoms with E-state index in [9.17, 15) is 4.79 Å². The molecule has 0 atom stereocenters. The Bertz CT molecular complexity index is 1090. The minimum absolute atomic E-state index is 0.106. The molecule has 4 aromatic rings. The quantitative estimate of drug-likeness (QED) is 0.496. The fourth-order valence-electron chi connectivity index (χ4n) is 3.16. The smallest absolute Gasteiger partial charge is 0.263 e. The number of benzene rings is 2. The van der Waals surface area contributed by atoms with Gasteiger partial charge in [-0.1, -0.05) is 60.7 Å². The van der Waals surface area contributed by atoms with E-state index in [-0.39, 0.29) is 5.91 Å². The number of hydrogen-bond donors (Lipinski definition) is 1. The van der Waals surface area contributed by atoms with E-state index in [1.807, 2.05) is 66.3 Å². The van der Waals surface area contributed by atoms with Crippen LogP contribution in [0.1, 0.15) is 26.4 Å². The van der Waals surface area contributed by atoms with Crippen LogP contribution in [0, 0.1) is 6.92 Å². The van der Waals surface area contributed by atoms with E-state index >= 15 is 0 Å². The second-order valence-electron chi connectivity index (χ2n) is 6.83. The molecule has 6 heteroatoms. The number of thiazole rings is 1. The van der Waals surface area contributed by atoms with Crippen LogP contribution >= 0.6 is 11.3 Å². The van der Waals surface area contributed by atoms with Crippen LogP contribution in [-0.4, -0.2) is 20.7 Å². The van der Waals surface area contributed by atoms with Gasteiger partial charge in [0.1, 0.15) is 9.88 Å². The van der Waals surface area contributed by atoms with Crippen molar-refractivity contribution in [3.05, 3.63) is 94.6 Å². The highest BCUT2D eigenvalue weighted by atomic mass is 32.1. The predicted molar refractivity (Wildman–Crippen MR) is 116 cm³/mol. The lowest BCUT2D eigenvalue weighted by Crippen LogP contribution is -2.21. The van der Waals surface area contributed by atoms with Gasteiger partial charge in [0.15, 0.2) is 0 Å². The highest BCUT2D eigenvalue weighted by Gasteiger charge is 2.17. The maximum absolute atomic E-state index is 12.5. The van der Waals surface area contributed by atoms with E-state index in [0.717, 1.165) is 34.8 Å². The zero-order chi connectivity index (χ0) is 20.1. The van der Waals surface area contributed by atoms with Crippen LogP contribution in [0.3, 0.4) is 0 Å². The Balaban J connectivity index is 1.46. The number of hydrogen-bond acceptors (Lipinski definition) is 4. The van der Waals surface area contributed by atoms with Gasteiger partial charge in [-0.15, -0.1) is 11.3 Å². The molecule has 2 heterocycles. The van der Waals surface area contributed by atoms with E-state index in [0.29, 0.717) is 11.4 Å². The minimum atomic E-state index is -0.106. The minimum Gasteiger partial charge on any atom is -0.347 e. The Morgan fingerprint density at radius 3 is 2.41 bits per heavy atom. The topological polar surface area (TPSA) is 59.8 Å². The molecule has 0 aliphatic rings. The molecule has 2 aromatic carbocycles.